The zero-order chi connectivity index (χ0) is 16.9. The zero-order valence-corrected chi connectivity index (χ0v) is 14.1. The Morgan fingerprint density at radius 1 is 1.21 bits per heavy atom. The van der Waals surface area contributed by atoms with Crippen LogP contribution in [0.3, 0.4) is 0 Å². The van der Waals surface area contributed by atoms with Crippen LogP contribution in [0.5, 0.6) is 11.5 Å². The quantitative estimate of drug-likeness (QED) is 0.784. The van der Waals surface area contributed by atoms with Crippen LogP contribution < -0.4 is 14.8 Å². The highest BCUT2D eigenvalue weighted by molar-refractivity contribution is 7.98. The van der Waals surface area contributed by atoms with E-state index >= 15 is 0 Å². The molecule has 6 heteroatoms. The fourth-order valence-electron chi connectivity index (χ4n) is 2.65. The molecule has 3 rings (SSSR count). The molecule has 0 spiro atoms. The second-order valence-electron chi connectivity index (χ2n) is 5.37. The van der Waals surface area contributed by atoms with Gasteiger partial charge >= 0.3 is 5.97 Å². The molecule has 1 aliphatic rings. The number of hydrogen-bond donors (Lipinski definition) is 2. The number of nitrogens with one attached hydrogen (secondary N) is 1. The predicted octanol–water partition coefficient (Wildman–Crippen LogP) is 3.10. The van der Waals surface area contributed by atoms with Crippen LogP contribution in [0.25, 0.3) is 0 Å². The van der Waals surface area contributed by atoms with E-state index in [1.807, 2.05) is 48.7 Å². The summed E-state index contributed by atoms with van der Waals surface area (Å²) in [5.74, 6) is 0.555. The molecule has 0 fully saturated rings. The molecule has 2 N–H and O–H groups in total. The summed E-state index contributed by atoms with van der Waals surface area (Å²) in [7, 11) is 0. The second kappa shape index (κ2) is 7.59. The Balaban J connectivity index is 1.81. The van der Waals surface area contributed by atoms with Crippen molar-refractivity contribution in [1.82, 2.24) is 5.32 Å². The van der Waals surface area contributed by atoms with Gasteiger partial charge in [0.1, 0.15) is 19.3 Å². The number of hydrogen-bond acceptors (Lipinski definition) is 5. The number of carbonyl (C=O) groups is 1. The van der Waals surface area contributed by atoms with Crippen molar-refractivity contribution in [3.8, 4) is 11.5 Å². The van der Waals surface area contributed by atoms with Crippen LogP contribution in [-0.2, 0) is 11.3 Å². The Kier molecular flexibility index (Phi) is 5.27. The fourth-order valence-corrected chi connectivity index (χ4v) is 3.26. The van der Waals surface area contributed by atoms with Gasteiger partial charge in [-0.2, -0.15) is 0 Å². The number of aliphatic carboxylic acids is 1. The van der Waals surface area contributed by atoms with Gasteiger partial charge in [0.05, 0.1) is 0 Å². The Morgan fingerprint density at radius 2 is 1.88 bits per heavy atom. The van der Waals surface area contributed by atoms with E-state index in [4.69, 9.17) is 9.47 Å². The normalized spacial score (nSPS) is 14.2. The van der Waals surface area contributed by atoms with Crippen molar-refractivity contribution in [2.24, 2.45) is 0 Å². The van der Waals surface area contributed by atoms with Gasteiger partial charge < -0.3 is 14.6 Å². The van der Waals surface area contributed by atoms with Crippen molar-refractivity contribution in [2.45, 2.75) is 17.5 Å². The fraction of sp³-hybridized carbons (Fsp3) is 0.278. The lowest BCUT2D eigenvalue weighted by Gasteiger charge is -2.22. The molecule has 0 amide bonds. The van der Waals surface area contributed by atoms with Gasteiger partial charge in [-0.3, -0.25) is 10.1 Å². The summed E-state index contributed by atoms with van der Waals surface area (Å²) < 4.78 is 11.2. The van der Waals surface area contributed by atoms with Gasteiger partial charge in [0.15, 0.2) is 11.5 Å². The van der Waals surface area contributed by atoms with Crippen LogP contribution in [0.15, 0.2) is 47.4 Å². The van der Waals surface area contributed by atoms with Gasteiger partial charge in [0.2, 0.25) is 0 Å². The summed E-state index contributed by atoms with van der Waals surface area (Å²) in [4.78, 5) is 12.6. The molecule has 24 heavy (non-hydrogen) atoms. The number of fused-ring (bicyclic) bond motifs is 1. The molecular weight excluding hydrogens is 326 g/mol. The van der Waals surface area contributed by atoms with Crippen LogP contribution in [0.1, 0.15) is 17.2 Å². The molecule has 0 aromatic heterocycles. The molecule has 1 heterocycles. The maximum Gasteiger partial charge on any atom is 0.325 e. The van der Waals surface area contributed by atoms with E-state index in [9.17, 15) is 9.90 Å². The maximum atomic E-state index is 11.6. The third-order valence-corrected chi connectivity index (χ3v) is 4.64. The molecule has 0 aliphatic carbocycles. The minimum absolute atomic E-state index is 0.429. The van der Waals surface area contributed by atoms with E-state index in [0.29, 0.717) is 25.5 Å². The minimum atomic E-state index is -0.899. The van der Waals surface area contributed by atoms with Crippen molar-refractivity contribution in [3.05, 3.63) is 53.6 Å². The molecule has 0 radical (unpaired) electrons. The number of rotatable bonds is 6. The monoisotopic (exact) mass is 345 g/mol. The molecule has 2 aromatic carbocycles. The molecule has 1 atom stereocenters. The molecule has 1 aliphatic heterocycles. The molecule has 126 valence electrons. The molecule has 2 aromatic rings. The van der Waals surface area contributed by atoms with Crippen molar-refractivity contribution >= 4 is 17.7 Å². The SMILES string of the molecule is CSc1cc2c(cc1CN[C@H](C(=O)O)c1ccccc1)OCCO2. The third kappa shape index (κ3) is 3.66. The van der Waals surface area contributed by atoms with E-state index in [-0.39, 0.29) is 0 Å². The molecule has 0 unspecified atom stereocenters. The van der Waals surface area contributed by atoms with E-state index in [2.05, 4.69) is 5.32 Å². The highest BCUT2D eigenvalue weighted by Crippen LogP contribution is 2.36. The van der Waals surface area contributed by atoms with E-state index < -0.39 is 12.0 Å². The molecule has 5 nitrogen and oxygen atoms in total. The Morgan fingerprint density at radius 3 is 2.50 bits per heavy atom. The van der Waals surface area contributed by atoms with Crippen LogP contribution in [0.2, 0.25) is 0 Å². The number of benzene rings is 2. The van der Waals surface area contributed by atoms with Crippen molar-refractivity contribution in [2.75, 3.05) is 19.5 Å². The first-order valence-corrected chi connectivity index (χ1v) is 8.89. The standard InChI is InChI=1S/C18H19NO4S/c1-24-16-10-15-14(22-7-8-23-15)9-13(16)11-19-17(18(20)21)12-5-3-2-4-6-12/h2-6,9-10,17,19H,7-8,11H2,1H3,(H,20,21)/t17-/m0/s1. The van der Waals surface area contributed by atoms with Gasteiger partial charge in [-0.05, 0) is 29.5 Å². The second-order valence-corrected chi connectivity index (χ2v) is 6.22. The summed E-state index contributed by atoms with van der Waals surface area (Å²) in [6.07, 6.45) is 1.99. The number of ether oxygens (including phenoxy) is 2. The van der Waals surface area contributed by atoms with Gasteiger partial charge in [-0.25, -0.2) is 0 Å². The number of thioether (sulfide) groups is 1. The summed E-state index contributed by atoms with van der Waals surface area (Å²) >= 11 is 1.60. The van der Waals surface area contributed by atoms with Gasteiger partial charge in [-0.15, -0.1) is 11.8 Å². The first kappa shape index (κ1) is 16.7. The Bertz CT molecular complexity index is 720. The van der Waals surface area contributed by atoms with Crippen LogP contribution in [-0.4, -0.2) is 30.5 Å². The van der Waals surface area contributed by atoms with Gasteiger partial charge in [0.25, 0.3) is 0 Å². The van der Waals surface area contributed by atoms with Gasteiger partial charge in [-0.1, -0.05) is 30.3 Å². The predicted molar refractivity (Wildman–Crippen MR) is 92.9 cm³/mol. The summed E-state index contributed by atoms with van der Waals surface area (Å²) in [5, 5.41) is 12.6. The van der Waals surface area contributed by atoms with Crippen LogP contribution >= 0.6 is 11.8 Å². The highest BCUT2D eigenvalue weighted by atomic mass is 32.2. The van der Waals surface area contributed by atoms with E-state index in [1.165, 1.54) is 0 Å². The third-order valence-electron chi connectivity index (χ3n) is 3.82. The van der Waals surface area contributed by atoms with Crippen molar-refractivity contribution in [1.29, 1.82) is 0 Å². The average molecular weight is 345 g/mol. The summed E-state index contributed by atoms with van der Waals surface area (Å²) in [5.41, 5.74) is 1.72. The lowest BCUT2D eigenvalue weighted by molar-refractivity contribution is -0.139. The lowest BCUT2D eigenvalue weighted by atomic mass is 10.1. The first-order valence-electron chi connectivity index (χ1n) is 7.66. The van der Waals surface area contributed by atoms with Crippen molar-refractivity contribution < 1.29 is 19.4 Å². The smallest absolute Gasteiger partial charge is 0.325 e. The largest absolute Gasteiger partial charge is 0.486 e. The minimum Gasteiger partial charge on any atom is -0.486 e. The topological polar surface area (TPSA) is 67.8 Å². The van der Waals surface area contributed by atoms with Gasteiger partial charge in [0, 0.05) is 11.4 Å². The number of carboxylic acid groups (broad SMARTS) is 1. The molecule has 0 saturated heterocycles. The molecular formula is C18H19NO4S. The zero-order valence-electron chi connectivity index (χ0n) is 13.3. The van der Waals surface area contributed by atoms with Crippen molar-refractivity contribution in [3.63, 3.8) is 0 Å². The van der Waals surface area contributed by atoms with E-state index in [0.717, 1.165) is 21.8 Å². The number of carboxylic acids is 1. The van der Waals surface area contributed by atoms with Crippen LogP contribution in [0.4, 0.5) is 0 Å². The average Bonchev–Trinajstić information content (AvgIpc) is 2.61. The Hall–Kier alpha value is -2.18. The maximum absolute atomic E-state index is 11.6. The highest BCUT2D eigenvalue weighted by Gasteiger charge is 2.21. The van der Waals surface area contributed by atoms with Crippen LogP contribution in [0, 0.1) is 0 Å². The van der Waals surface area contributed by atoms with E-state index in [1.54, 1.807) is 11.8 Å². The first-order chi connectivity index (χ1) is 11.7. The lowest BCUT2D eigenvalue weighted by Crippen LogP contribution is -2.28. The molecule has 0 saturated carbocycles. The summed E-state index contributed by atoms with van der Waals surface area (Å²) in [6.45, 7) is 1.51. The molecule has 0 bridgehead atoms. The summed E-state index contributed by atoms with van der Waals surface area (Å²) in [6, 6.07) is 12.3. The Labute approximate surface area is 145 Å².